The van der Waals surface area contributed by atoms with E-state index in [9.17, 15) is 0 Å². The fourth-order valence-electron chi connectivity index (χ4n) is 1.28. The van der Waals surface area contributed by atoms with Crippen molar-refractivity contribution in [3.8, 4) is 0 Å². The fraction of sp³-hybridized carbons (Fsp3) is 1.00. The highest BCUT2D eigenvalue weighted by atomic mass is 15.1. The van der Waals surface area contributed by atoms with Crippen LogP contribution in [0.5, 0.6) is 0 Å². The quantitative estimate of drug-likeness (QED) is 0.654. The van der Waals surface area contributed by atoms with Crippen LogP contribution in [0.1, 0.15) is 34.1 Å². The molecule has 2 nitrogen and oxygen atoms in total. The van der Waals surface area contributed by atoms with Crippen LogP contribution in [-0.2, 0) is 0 Å². The van der Waals surface area contributed by atoms with Gasteiger partial charge in [-0.25, -0.2) is 0 Å². The molecule has 0 radical (unpaired) electrons. The SMILES string of the molecule is CCN(C)CC(C)NCCC(C)C. The molecule has 1 unspecified atom stereocenters. The molecule has 13 heavy (non-hydrogen) atoms. The van der Waals surface area contributed by atoms with Crippen molar-refractivity contribution in [3.05, 3.63) is 0 Å². The Bertz CT molecular complexity index is 113. The van der Waals surface area contributed by atoms with Crippen molar-refractivity contribution < 1.29 is 0 Å². The van der Waals surface area contributed by atoms with E-state index in [1.807, 2.05) is 0 Å². The largest absolute Gasteiger partial charge is 0.313 e. The first-order chi connectivity index (χ1) is 6.06. The highest BCUT2D eigenvalue weighted by Gasteiger charge is 2.03. The summed E-state index contributed by atoms with van der Waals surface area (Å²) in [4.78, 5) is 2.34. The summed E-state index contributed by atoms with van der Waals surface area (Å²) in [6.07, 6.45) is 1.28. The summed E-state index contributed by atoms with van der Waals surface area (Å²) < 4.78 is 0. The van der Waals surface area contributed by atoms with Gasteiger partial charge in [0.1, 0.15) is 0 Å². The van der Waals surface area contributed by atoms with E-state index >= 15 is 0 Å². The Kier molecular flexibility index (Phi) is 7.29. The van der Waals surface area contributed by atoms with Crippen molar-refractivity contribution in [1.82, 2.24) is 10.2 Å². The number of hydrogen-bond donors (Lipinski definition) is 1. The zero-order valence-electron chi connectivity index (χ0n) is 9.93. The van der Waals surface area contributed by atoms with Gasteiger partial charge in [0.15, 0.2) is 0 Å². The lowest BCUT2D eigenvalue weighted by Crippen LogP contribution is -2.38. The van der Waals surface area contributed by atoms with E-state index in [0.717, 1.165) is 25.6 Å². The topological polar surface area (TPSA) is 15.3 Å². The average molecular weight is 186 g/mol. The number of nitrogens with one attached hydrogen (secondary N) is 1. The summed E-state index contributed by atoms with van der Waals surface area (Å²) in [5, 5.41) is 3.54. The summed E-state index contributed by atoms with van der Waals surface area (Å²) in [5.41, 5.74) is 0. The first-order valence-electron chi connectivity index (χ1n) is 5.48. The maximum absolute atomic E-state index is 3.54. The minimum atomic E-state index is 0.615. The Morgan fingerprint density at radius 3 is 2.31 bits per heavy atom. The maximum atomic E-state index is 3.54. The van der Waals surface area contributed by atoms with Gasteiger partial charge >= 0.3 is 0 Å². The van der Waals surface area contributed by atoms with Crippen LogP contribution in [0.15, 0.2) is 0 Å². The highest BCUT2D eigenvalue weighted by Crippen LogP contribution is 1.97. The molecule has 1 N–H and O–H groups in total. The molecule has 0 amide bonds. The molecular formula is C11H26N2. The van der Waals surface area contributed by atoms with Gasteiger partial charge in [-0.3, -0.25) is 0 Å². The van der Waals surface area contributed by atoms with Crippen molar-refractivity contribution in [1.29, 1.82) is 0 Å². The molecule has 80 valence electrons. The lowest BCUT2D eigenvalue weighted by atomic mass is 10.1. The molecule has 0 saturated heterocycles. The Morgan fingerprint density at radius 1 is 1.23 bits per heavy atom. The molecule has 0 aliphatic rings. The second-order valence-electron chi connectivity index (χ2n) is 4.39. The van der Waals surface area contributed by atoms with Gasteiger partial charge in [-0.2, -0.15) is 0 Å². The lowest BCUT2D eigenvalue weighted by Gasteiger charge is -2.21. The number of rotatable bonds is 7. The maximum Gasteiger partial charge on any atom is 0.0166 e. The third kappa shape index (κ3) is 8.26. The molecule has 0 bridgehead atoms. The third-order valence-corrected chi connectivity index (χ3v) is 2.34. The van der Waals surface area contributed by atoms with E-state index in [1.165, 1.54) is 6.42 Å². The molecule has 0 aliphatic carbocycles. The molecule has 0 spiro atoms. The molecule has 0 aliphatic heterocycles. The summed E-state index contributed by atoms with van der Waals surface area (Å²) in [6, 6.07) is 0.615. The van der Waals surface area contributed by atoms with E-state index in [-0.39, 0.29) is 0 Å². The van der Waals surface area contributed by atoms with E-state index in [4.69, 9.17) is 0 Å². The fourth-order valence-corrected chi connectivity index (χ4v) is 1.28. The molecule has 0 fully saturated rings. The highest BCUT2D eigenvalue weighted by molar-refractivity contribution is 4.64. The van der Waals surface area contributed by atoms with Crippen LogP contribution in [0, 0.1) is 5.92 Å². The van der Waals surface area contributed by atoms with Gasteiger partial charge < -0.3 is 10.2 Å². The van der Waals surface area contributed by atoms with E-state index in [1.54, 1.807) is 0 Å². The summed E-state index contributed by atoms with van der Waals surface area (Å²) >= 11 is 0. The van der Waals surface area contributed by atoms with Crippen molar-refractivity contribution >= 4 is 0 Å². The molecule has 0 aromatic heterocycles. The van der Waals surface area contributed by atoms with Gasteiger partial charge in [-0.1, -0.05) is 20.8 Å². The van der Waals surface area contributed by atoms with Crippen molar-refractivity contribution in [2.24, 2.45) is 5.92 Å². The zero-order valence-corrected chi connectivity index (χ0v) is 9.93. The monoisotopic (exact) mass is 186 g/mol. The van der Waals surface area contributed by atoms with Crippen molar-refractivity contribution in [2.45, 2.75) is 40.2 Å². The van der Waals surface area contributed by atoms with E-state index < -0.39 is 0 Å². The molecule has 0 aromatic rings. The zero-order chi connectivity index (χ0) is 10.3. The minimum Gasteiger partial charge on any atom is -0.313 e. The Hall–Kier alpha value is -0.0800. The van der Waals surface area contributed by atoms with Gasteiger partial charge in [0.25, 0.3) is 0 Å². The van der Waals surface area contributed by atoms with Crippen LogP contribution in [0.25, 0.3) is 0 Å². The standard InChI is InChI=1S/C11H26N2/c1-6-13(5)9-11(4)12-8-7-10(2)3/h10-12H,6-9H2,1-5H3. The number of likely N-dealkylation sites (N-methyl/N-ethyl adjacent to an activating group) is 1. The minimum absolute atomic E-state index is 0.615. The van der Waals surface area contributed by atoms with Crippen LogP contribution in [-0.4, -0.2) is 37.6 Å². The second-order valence-corrected chi connectivity index (χ2v) is 4.39. The second kappa shape index (κ2) is 7.34. The van der Waals surface area contributed by atoms with Crippen LogP contribution in [0.3, 0.4) is 0 Å². The predicted molar refractivity (Wildman–Crippen MR) is 60.1 cm³/mol. The molecule has 0 rings (SSSR count). The van der Waals surface area contributed by atoms with Gasteiger partial charge in [0.05, 0.1) is 0 Å². The average Bonchev–Trinajstić information content (AvgIpc) is 2.03. The number of nitrogens with zero attached hydrogens (tertiary/aromatic N) is 1. The summed E-state index contributed by atoms with van der Waals surface area (Å²) in [5.74, 6) is 0.809. The molecular weight excluding hydrogens is 160 g/mol. The molecule has 0 heterocycles. The normalized spacial score (nSPS) is 14.1. The first-order valence-corrected chi connectivity index (χ1v) is 5.48. The molecule has 1 atom stereocenters. The first kappa shape index (κ1) is 12.9. The smallest absolute Gasteiger partial charge is 0.0166 e. The van der Waals surface area contributed by atoms with Gasteiger partial charge in [0.2, 0.25) is 0 Å². The van der Waals surface area contributed by atoms with Gasteiger partial charge in [-0.05, 0) is 39.4 Å². The Balaban J connectivity index is 3.34. The van der Waals surface area contributed by atoms with Gasteiger partial charge in [0, 0.05) is 12.6 Å². The van der Waals surface area contributed by atoms with Crippen LogP contribution >= 0.6 is 0 Å². The molecule has 2 heteroatoms. The Morgan fingerprint density at radius 2 is 1.85 bits per heavy atom. The number of hydrogen-bond acceptors (Lipinski definition) is 2. The third-order valence-electron chi connectivity index (χ3n) is 2.34. The summed E-state index contributed by atoms with van der Waals surface area (Å²) in [7, 11) is 2.17. The van der Waals surface area contributed by atoms with Crippen molar-refractivity contribution in [3.63, 3.8) is 0 Å². The van der Waals surface area contributed by atoms with Gasteiger partial charge in [-0.15, -0.1) is 0 Å². The van der Waals surface area contributed by atoms with Crippen LogP contribution in [0.2, 0.25) is 0 Å². The molecule has 0 saturated carbocycles. The summed E-state index contributed by atoms with van der Waals surface area (Å²) in [6.45, 7) is 12.4. The lowest BCUT2D eigenvalue weighted by molar-refractivity contribution is 0.307. The molecule has 0 aromatic carbocycles. The predicted octanol–water partition coefficient (Wildman–Crippen LogP) is 1.96. The Labute approximate surface area is 83.7 Å². The van der Waals surface area contributed by atoms with Crippen LogP contribution < -0.4 is 5.32 Å². The van der Waals surface area contributed by atoms with E-state index in [2.05, 4.69) is 45.0 Å². The van der Waals surface area contributed by atoms with Crippen molar-refractivity contribution in [2.75, 3.05) is 26.7 Å². The van der Waals surface area contributed by atoms with E-state index in [0.29, 0.717) is 6.04 Å². The van der Waals surface area contributed by atoms with Crippen LogP contribution in [0.4, 0.5) is 0 Å².